The molecule has 0 saturated heterocycles. The maximum atomic E-state index is 12.2. The predicted octanol–water partition coefficient (Wildman–Crippen LogP) is 4.48. The number of nitrogens with zero attached hydrogens (tertiary/aromatic N) is 2. The molecule has 0 aliphatic heterocycles. The number of aromatic nitrogens is 2. The average Bonchev–Trinajstić information content (AvgIpc) is 3.32. The standard InChI is InChI=1S/C18H18N4O3S3/c1-10-4-5-12(8-11(10)2)19-17-21-22-18(28-17)27-9-14(23)20-13-6-7-26-15(13)16(24)25-3/h4-8H,9H2,1-3H3,(H,19,21)(H,20,23). The largest absolute Gasteiger partial charge is 0.465 e. The lowest BCUT2D eigenvalue weighted by molar-refractivity contribution is -0.113. The van der Waals surface area contributed by atoms with Crippen LogP contribution in [0.5, 0.6) is 0 Å². The summed E-state index contributed by atoms with van der Waals surface area (Å²) in [7, 11) is 1.31. The lowest BCUT2D eigenvalue weighted by Gasteiger charge is -2.05. The van der Waals surface area contributed by atoms with Gasteiger partial charge in [0.25, 0.3) is 0 Å². The topological polar surface area (TPSA) is 93.2 Å². The van der Waals surface area contributed by atoms with E-state index in [0.717, 1.165) is 5.69 Å². The number of thioether (sulfide) groups is 1. The number of esters is 1. The van der Waals surface area contributed by atoms with Crippen LogP contribution in [0.2, 0.25) is 0 Å². The minimum absolute atomic E-state index is 0.161. The fourth-order valence-electron chi connectivity index (χ4n) is 2.23. The van der Waals surface area contributed by atoms with Crippen LogP contribution >= 0.6 is 34.4 Å². The summed E-state index contributed by atoms with van der Waals surface area (Å²) in [5.41, 5.74) is 3.82. The number of thiophene rings is 1. The summed E-state index contributed by atoms with van der Waals surface area (Å²) in [6.45, 7) is 4.12. The zero-order valence-electron chi connectivity index (χ0n) is 15.4. The monoisotopic (exact) mass is 434 g/mol. The third-order valence-corrected chi connectivity index (χ3v) is 6.67. The van der Waals surface area contributed by atoms with Gasteiger partial charge in [-0.05, 0) is 48.6 Å². The molecule has 3 aromatic rings. The molecule has 0 spiro atoms. The molecule has 2 aromatic heterocycles. The summed E-state index contributed by atoms with van der Waals surface area (Å²) in [5.74, 6) is -0.536. The molecule has 3 rings (SSSR count). The van der Waals surface area contributed by atoms with Crippen LogP contribution in [0, 0.1) is 13.8 Å². The number of carbonyl (C=O) groups is 2. The van der Waals surface area contributed by atoms with Gasteiger partial charge in [-0.25, -0.2) is 4.79 Å². The second kappa shape index (κ2) is 9.18. The number of hydrogen-bond acceptors (Lipinski definition) is 9. The molecule has 0 bridgehead atoms. The van der Waals surface area contributed by atoms with Crippen molar-refractivity contribution in [3.63, 3.8) is 0 Å². The minimum atomic E-state index is -0.468. The first kappa shape index (κ1) is 20.3. The molecule has 10 heteroatoms. The van der Waals surface area contributed by atoms with Gasteiger partial charge in [0, 0.05) is 5.69 Å². The van der Waals surface area contributed by atoms with Crippen LogP contribution in [0.25, 0.3) is 0 Å². The van der Waals surface area contributed by atoms with Crippen molar-refractivity contribution < 1.29 is 14.3 Å². The number of nitrogens with one attached hydrogen (secondary N) is 2. The van der Waals surface area contributed by atoms with Crippen molar-refractivity contribution in [2.24, 2.45) is 0 Å². The van der Waals surface area contributed by atoms with Crippen LogP contribution in [0.3, 0.4) is 0 Å². The van der Waals surface area contributed by atoms with Crippen molar-refractivity contribution in [3.8, 4) is 0 Å². The summed E-state index contributed by atoms with van der Waals surface area (Å²) >= 11 is 3.88. The van der Waals surface area contributed by atoms with E-state index in [1.807, 2.05) is 12.1 Å². The van der Waals surface area contributed by atoms with Crippen molar-refractivity contribution >= 4 is 62.8 Å². The Balaban J connectivity index is 1.54. The molecule has 2 N–H and O–H groups in total. The second-order valence-electron chi connectivity index (χ2n) is 5.79. The number of carbonyl (C=O) groups excluding carboxylic acids is 2. The molecule has 0 atom stereocenters. The molecule has 0 radical (unpaired) electrons. The number of ether oxygens (including phenoxy) is 1. The fraction of sp³-hybridized carbons (Fsp3) is 0.222. The van der Waals surface area contributed by atoms with E-state index in [1.54, 1.807) is 11.4 Å². The first-order chi connectivity index (χ1) is 13.5. The zero-order chi connectivity index (χ0) is 20.1. The number of aryl methyl sites for hydroxylation is 2. The molecule has 0 aliphatic rings. The highest BCUT2D eigenvalue weighted by Gasteiger charge is 2.16. The van der Waals surface area contributed by atoms with Crippen LogP contribution in [0.1, 0.15) is 20.8 Å². The molecule has 146 valence electrons. The Kier molecular flexibility index (Phi) is 6.65. The van der Waals surface area contributed by atoms with Gasteiger partial charge in [-0.2, -0.15) is 0 Å². The summed E-state index contributed by atoms with van der Waals surface area (Å²) in [4.78, 5) is 24.2. The van der Waals surface area contributed by atoms with E-state index < -0.39 is 5.97 Å². The maximum Gasteiger partial charge on any atom is 0.350 e. The van der Waals surface area contributed by atoms with Crippen molar-refractivity contribution in [1.29, 1.82) is 0 Å². The van der Waals surface area contributed by atoms with Gasteiger partial charge in [-0.15, -0.1) is 21.5 Å². The third-order valence-electron chi connectivity index (χ3n) is 3.80. The molecule has 0 saturated carbocycles. The average molecular weight is 435 g/mol. The molecule has 0 fully saturated rings. The second-order valence-corrected chi connectivity index (χ2v) is 8.91. The highest BCUT2D eigenvalue weighted by molar-refractivity contribution is 8.01. The van der Waals surface area contributed by atoms with Crippen molar-refractivity contribution in [2.45, 2.75) is 18.2 Å². The van der Waals surface area contributed by atoms with Crippen LogP contribution in [-0.4, -0.2) is 34.9 Å². The highest BCUT2D eigenvalue weighted by atomic mass is 32.2. The van der Waals surface area contributed by atoms with Crippen LogP contribution in [0.4, 0.5) is 16.5 Å². The zero-order valence-corrected chi connectivity index (χ0v) is 17.9. The van der Waals surface area contributed by atoms with Gasteiger partial charge < -0.3 is 15.4 Å². The number of anilines is 3. The minimum Gasteiger partial charge on any atom is -0.465 e. The van der Waals surface area contributed by atoms with Crippen LogP contribution in [-0.2, 0) is 9.53 Å². The lowest BCUT2D eigenvalue weighted by atomic mass is 10.1. The maximum absolute atomic E-state index is 12.2. The van der Waals surface area contributed by atoms with Crippen molar-refractivity contribution in [1.82, 2.24) is 10.2 Å². The molecule has 2 heterocycles. The van der Waals surface area contributed by atoms with E-state index in [-0.39, 0.29) is 11.7 Å². The Hall–Kier alpha value is -2.43. The summed E-state index contributed by atoms with van der Waals surface area (Å²) in [6.07, 6.45) is 0. The SMILES string of the molecule is COC(=O)c1sccc1NC(=O)CSc1nnc(Nc2ccc(C)c(C)c2)s1. The van der Waals surface area contributed by atoms with Gasteiger partial charge in [0.2, 0.25) is 11.0 Å². The van der Waals surface area contributed by atoms with E-state index in [9.17, 15) is 9.59 Å². The van der Waals surface area contributed by atoms with E-state index in [0.29, 0.717) is 20.0 Å². The number of methoxy groups -OCH3 is 1. The summed E-state index contributed by atoms with van der Waals surface area (Å²) < 4.78 is 5.38. The van der Waals surface area contributed by atoms with Gasteiger partial charge in [0.15, 0.2) is 4.34 Å². The Morgan fingerprint density at radius 2 is 2.00 bits per heavy atom. The quantitative estimate of drug-likeness (QED) is 0.418. The molecular formula is C18H18N4O3S3. The van der Waals surface area contributed by atoms with E-state index in [4.69, 9.17) is 4.74 Å². The first-order valence-electron chi connectivity index (χ1n) is 8.22. The Morgan fingerprint density at radius 3 is 2.75 bits per heavy atom. The smallest absolute Gasteiger partial charge is 0.350 e. The highest BCUT2D eigenvalue weighted by Crippen LogP contribution is 2.29. The number of hydrogen-bond donors (Lipinski definition) is 2. The van der Waals surface area contributed by atoms with E-state index in [2.05, 4.69) is 40.7 Å². The van der Waals surface area contributed by atoms with Gasteiger partial charge in [-0.1, -0.05) is 29.2 Å². The molecule has 0 aliphatic carbocycles. The number of rotatable bonds is 7. The Labute approximate surface area is 174 Å². The van der Waals surface area contributed by atoms with Crippen LogP contribution in [0.15, 0.2) is 34.0 Å². The molecule has 0 unspecified atom stereocenters. The third kappa shape index (κ3) is 5.09. The van der Waals surface area contributed by atoms with Crippen molar-refractivity contribution in [2.75, 3.05) is 23.5 Å². The molecule has 28 heavy (non-hydrogen) atoms. The van der Waals surface area contributed by atoms with E-state index in [1.165, 1.54) is 52.7 Å². The van der Waals surface area contributed by atoms with Gasteiger partial charge in [0.1, 0.15) is 4.88 Å². The van der Waals surface area contributed by atoms with Gasteiger partial charge in [0.05, 0.1) is 18.6 Å². The molecule has 7 nitrogen and oxygen atoms in total. The molecule has 1 aromatic carbocycles. The molecular weight excluding hydrogens is 416 g/mol. The molecule has 1 amide bonds. The lowest BCUT2D eigenvalue weighted by Crippen LogP contribution is -2.15. The number of benzene rings is 1. The van der Waals surface area contributed by atoms with E-state index >= 15 is 0 Å². The number of amides is 1. The van der Waals surface area contributed by atoms with Crippen LogP contribution < -0.4 is 10.6 Å². The normalized spacial score (nSPS) is 10.5. The first-order valence-corrected chi connectivity index (χ1v) is 10.9. The predicted molar refractivity (Wildman–Crippen MR) is 114 cm³/mol. The summed E-state index contributed by atoms with van der Waals surface area (Å²) in [5, 5.41) is 16.5. The van der Waals surface area contributed by atoms with Gasteiger partial charge in [-0.3, -0.25) is 4.79 Å². The Morgan fingerprint density at radius 1 is 1.18 bits per heavy atom. The van der Waals surface area contributed by atoms with Gasteiger partial charge >= 0.3 is 5.97 Å². The summed E-state index contributed by atoms with van der Waals surface area (Å²) in [6, 6.07) is 7.77. The Bertz CT molecular complexity index is 1000. The van der Waals surface area contributed by atoms with Crippen molar-refractivity contribution in [3.05, 3.63) is 45.6 Å². The fourth-order valence-corrected chi connectivity index (χ4v) is 4.57.